The topological polar surface area (TPSA) is 98.8 Å². The minimum Gasteiger partial charge on any atom is -0.493 e. The number of amides is 2. The van der Waals surface area contributed by atoms with Gasteiger partial charge in [0.25, 0.3) is 5.91 Å². The van der Waals surface area contributed by atoms with Crippen LogP contribution in [0.5, 0.6) is 17.2 Å². The zero-order valence-corrected chi connectivity index (χ0v) is 15.2. The van der Waals surface area contributed by atoms with Crippen molar-refractivity contribution in [1.82, 2.24) is 10.3 Å². The molecular formula is C16H19N3O5S. The molecule has 0 aliphatic heterocycles. The largest absolute Gasteiger partial charge is 0.493 e. The van der Waals surface area contributed by atoms with Gasteiger partial charge < -0.3 is 24.8 Å². The zero-order chi connectivity index (χ0) is 18.4. The summed E-state index contributed by atoms with van der Waals surface area (Å²) in [6.45, 7) is 1.70. The van der Waals surface area contributed by atoms with Crippen molar-refractivity contribution < 1.29 is 23.8 Å². The molecule has 2 rings (SSSR count). The molecule has 2 N–H and O–H groups in total. The lowest BCUT2D eigenvalue weighted by atomic mass is 10.1. The van der Waals surface area contributed by atoms with Crippen LogP contribution in [0.3, 0.4) is 0 Å². The van der Waals surface area contributed by atoms with E-state index in [2.05, 4.69) is 15.6 Å². The predicted octanol–water partition coefficient (Wildman–Crippen LogP) is 1.85. The molecule has 0 spiro atoms. The van der Waals surface area contributed by atoms with E-state index in [0.29, 0.717) is 22.4 Å². The van der Waals surface area contributed by atoms with Crippen LogP contribution in [-0.2, 0) is 4.79 Å². The van der Waals surface area contributed by atoms with Gasteiger partial charge in [-0.25, -0.2) is 4.98 Å². The summed E-state index contributed by atoms with van der Waals surface area (Å²) < 4.78 is 15.6. The Morgan fingerprint density at radius 2 is 1.76 bits per heavy atom. The smallest absolute Gasteiger partial charge is 0.251 e. The quantitative estimate of drug-likeness (QED) is 0.777. The van der Waals surface area contributed by atoms with Crippen molar-refractivity contribution in [1.29, 1.82) is 0 Å². The third kappa shape index (κ3) is 4.60. The highest BCUT2D eigenvalue weighted by Crippen LogP contribution is 2.38. The maximum atomic E-state index is 12.3. The van der Waals surface area contributed by atoms with Crippen molar-refractivity contribution in [3.8, 4) is 17.2 Å². The van der Waals surface area contributed by atoms with Crippen LogP contribution < -0.4 is 24.8 Å². The summed E-state index contributed by atoms with van der Waals surface area (Å²) in [5, 5.41) is 5.65. The first-order valence-electron chi connectivity index (χ1n) is 7.29. The molecule has 1 aromatic heterocycles. The number of carbonyl (C=O) groups is 2. The maximum Gasteiger partial charge on any atom is 0.251 e. The second-order valence-electron chi connectivity index (χ2n) is 4.92. The van der Waals surface area contributed by atoms with Gasteiger partial charge in [0.1, 0.15) is 0 Å². The average molecular weight is 365 g/mol. The normalized spacial score (nSPS) is 10.1. The molecule has 8 nitrogen and oxygen atoms in total. The molecule has 0 aliphatic carbocycles. The summed E-state index contributed by atoms with van der Waals surface area (Å²) >= 11 is 1.36. The number of ether oxygens (including phenoxy) is 3. The van der Waals surface area contributed by atoms with Gasteiger partial charge in [0, 0.05) is 16.6 Å². The van der Waals surface area contributed by atoms with Crippen molar-refractivity contribution in [2.75, 3.05) is 33.2 Å². The number of thiazole rings is 1. The number of hydrogen-bond donors (Lipinski definition) is 2. The number of carbonyl (C=O) groups excluding carboxylic acids is 2. The van der Waals surface area contributed by atoms with E-state index in [-0.39, 0.29) is 18.0 Å². The van der Waals surface area contributed by atoms with E-state index in [9.17, 15) is 9.59 Å². The number of hydrogen-bond acceptors (Lipinski definition) is 7. The number of nitrogens with zero attached hydrogens (tertiary/aromatic N) is 1. The Bertz CT molecular complexity index is 750. The van der Waals surface area contributed by atoms with Crippen LogP contribution >= 0.6 is 11.3 Å². The van der Waals surface area contributed by atoms with Crippen molar-refractivity contribution in [3.05, 3.63) is 28.8 Å². The molecule has 1 aromatic carbocycles. The summed E-state index contributed by atoms with van der Waals surface area (Å²) in [5.41, 5.74) is 0.285. The Morgan fingerprint density at radius 3 is 2.24 bits per heavy atom. The molecule has 2 aromatic rings. The highest BCUT2D eigenvalue weighted by atomic mass is 32.1. The van der Waals surface area contributed by atoms with Crippen molar-refractivity contribution in [3.63, 3.8) is 0 Å². The molecule has 134 valence electrons. The second-order valence-corrected chi connectivity index (χ2v) is 6.16. The fraction of sp³-hybridized carbons (Fsp3) is 0.312. The first-order valence-corrected chi connectivity index (χ1v) is 8.10. The lowest BCUT2D eigenvalue weighted by Gasteiger charge is -2.14. The molecule has 0 bridgehead atoms. The van der Waals surface area contributed by atoms with Crippen LogP contribution in [0, 0.1) is 6.92 Å². The van der Waals surface area contributed by atoms with Gasteiger partial charge in [-0.15, -0.1) is 11.3 Å². The summed E-state index contributed by atoms with van der Waals surface area (Å²) in [6.07, 6.45) is 1.66. The second kappa shape index (κ2) is 8.34. The van der Waals surface area contributed by atoms with Gasteiger partial charge in [-0.05, 0) is 19.1 Å². The molecule has 0 radical (unpaired) electrons. The molecule has 25 heavy (non-hydrogen) atoms. The molecule has 0 atom stereocenters. The van der Waals surface area contributed by atoms with E-state index < -0.39 is 5.91 Å². The summed E-state index contributed by atoms with van der Waals surface area (Å²) in [7, 11) is 4.40. The molecule has 0 aliphatic rings. The van der Waals surface area contributed by atoms with E-state index in [1.54, 1.807) is 6.20 Å². The number of benzene rings is 1. The molecular weight excluding hydrogens is 346 g/mol. The summed E-state index contributed by atoms with van der Waals surface area (Å²) in [5.74, 6) is 0.294. The number of rotatable bonds is 7. The van der Waals surface area contributed by atoms with E-state index in [4.69, 9.17) is 14.2 Å². The third-order valence-corrected chi connectivity index (χ3v) is 4.03. The monoisotopic (exact) mass is 365 g/mol. The predicted molar refractivity (Wildman–Crippen MR) is 93.9 cm³/mol. The fourth-order valence-corrected chi connectivity index (χ4v) is 2.73. The molecule has 2 amide bonds. The Labute approximate surface area is 149 Å². The Hall–Kier alpha value is -2.81. The molecule has 0 fully saturated rings. The van der Waals surface area contributed by atoms with Crippen molar-refractivity contribution in [2.45, 2.75) is 6.92 Å². The first-order chi connectivity index (χ1) is 12.0. The number of aryl methyl sites for hydroxylation is 1. The first kappa shape index (κ1) is 18.5. The van der Waals surface area contributed by atoms with Crippen LogP contribution in [0.2, 0.25) is 0 Å². The number of anilines is 1. The van der Waals surface area contributed by atoms with Crippen LogP contribution in [0.15, 0.2) is 18.3 Å². The van der Waals surface area contributed by atoms with Gasteiger partial charge in [0.05, 0.1) is 27.9 Å². The average Bonchev–Trinajstić information content (AvgIpc) is 3.02. The van der Waals surface area contributed by atoms with E-state index >= 15 is 0 Å². The Balaban J connectivity index is 2.03. The highest BCUT2D eigenvalue weighted by molar-refractivity contribution is 7.15. The van der Waals surface area contributed by atoms with Crippen molar-refractivity contribution >= 4 is 28.3 Å². The molecule has 1 heterocycles. The molecule has 0 unspecified atom stereocenters. The Kier molecular flexibility index (Phi) is 6.18. The summed E-state index contributed by atoms with van der Waals surface area (Å²) in [6, 6.07) is 3.03. The Morgan fingerprint density at radius 1 is 1.12 bits per heavy atom. The van der Waals surface area contributed by atoms with Crippen LogP contribution in [0.25, 0.3) is 0 Å². The fourth-order valence-electron chi connectivity index (χ4n) is 2.05. The van der Waals surface area contributed by atoms with Crippen molar-refractivity contribution in [2.24, 2.45) is 0 Å². The van der Waals surface area contributed by atoms with Gasteiger partial charge in [0.2, 0.25) is 11.7 Å². The van der Waals surface area contributed by atoms with Crippen LogP contribution in [0.4, 0.5) is 5.13 Å². The third-order valence-electron chi connectivity index (χ3n) is 3.20. The van der Waals surface area contributed by atoms with Crippen LogP contribution in [-0.4, -0.2) is 44.7 Å². The van der Waals surface area contributed by atoms with Gasteiger partial charge >= 0.3 is 0 Å². The van der Waals surface area contributed by atoms with E-state index in [1.165, 1.54) is 44.8 Å². The number of nitrogens with one attached hydrogen (secondary N) is 2. The van der Waals surface area contributed by atoms with Gasteiger partial charge in [-0.3, -0.25) is 9.59 Å². The lowest BCUT2D eigenvalue weighted by molar-refractivity contribution is -0.115. The molecule has 0 saturated heterocycles. The molecule has 0 saturated carbocycles. The lowest BCUT2D eigenvalue weighted by Crippen LogP contribution is -2.32. The minimum absolute atomic E-state index is 0.186. The maximum absolute atomic E-state index is 12.3. The standard InChI is InChI=1S/C16H19N3O5S/c1-9-7-18-16(25-9)19-13(20)8-17-15(21)10-5-11(22-2)14(24-4)12(6-10)23-3/h5-7H,8H2,1-4H3,(H,17,21)(H,18,19,20). The number of aromatic nitrogens is 1. The van der Waals surface area contributed by atoms with Crippen LogP contribution in [0.1, 0.15) is 15.2 Å². The van der Waals surface area contributed by atoms with Gasteiger partial charge in [0.15, 0.2) is 16.6 Å². The van der Waals surface area contributed by atoms with E-state index in [1.807, 2.05) is 6.92 Å². The summed E-state index contributed by atoms with van der Waals surface area (Å²) in [4.78, 5) is 29.2. The van der Waals surface area contributed by atoms with Gasteiger partial charge in [-0.2, -0.15) is 0 Å². The SMILES string of the molecule is COc1cc(C(=O)NCC(=O)Nc2ncc(C)s2)cc(OC)c1OC. The number of methoxy groups -OCH3 is 3. The molecule has 9 heteroatoms. The minimum atomic E-state index is -0.440. The van der Waals surface area contributed by atoms with E-state index in [0.717, 1.165) is 4.88 Å². The zero-order valence-electron chi connectivity index (χ0n) is 14.3. The van der Waals surface area contributed by atoms with Gasteiger partial charge in [-0.1, -0.05) is 0 Å². The highest BCUT2D eigenvalue weighted by Gasteiger charge is 2.17.